The summed E-state index contributed by atoms with van der Waals surface area (Å²) in [5.74, 6) is 0.858. The second-order valence-corrected chi connectivity index (χ2v) is 9.64. The van der Waals surface area contributed by atoms with Crippen LogP contribution in [0.1, 0.15) is 59.1 Å². The fraction of sp³-hybridized carbons (Fsp3) is 0.500. The van der Waals surface area contributed by atoms with Crippen molar-refractivity contribution in [1.29, 1.82) is 0 Å². The fourth-order valence-electron chi connectivity index (χ4n) is 3.59. The molecule has 0 aliphatic heterocycles. The van der Waals surface area contributed by atoms with Gasteiger partial charge in [-0.3, -0.25) is 0 Å². The average molecular weight is 458 g/mol. The van der Waals surface area contributed by atoms with Crippen LogP contribution in [0.25, 0.3) is 0 Å². The topological polar surface area (TPSA) is 30.5 Å². The monoisotopic (exact) mass is 457 g/mol. The van der Waals surface area contributed by atoms with E-state index in [2.05, 4.69) is 39.9 Å². The molecular formula is C24H34Cl2FNO2. The van der Waals surface area contributed by atoms with Crippen molar-refractivity contribution in [2.24, 2.45) is 5.41 Å². The first-order valence-electron chi connectivity index (χ1n) is 10.1. The van der Waals surface area contributed by atoms with Gasteiger partial charge in [-0.05, 0) is 68.0 Å². The molecule has 2 aromatic carbocycles. The Morgan fingerprint density at radius 2 is 1.60 bits per heavy atom. The molecule has 6 heteroatoms. The van der Waals surface area contributed by atoms with E-state index >= 15 is 0 Å². The summed E-state index contributed by atoms with van der Waals surface area (Å²) in [4.78, 5) is 0. The average Bonchev–Trinajstić information content (AvgIpc) is 2.59. The first kappa shape index (κ1) is 26.5. The third-order valence-corrected chi connectivity index (χ3v) is 4.69. The number of ether oxygens (including phenoxy) is 2. The zero-order chi connectivity index (χ0) is 21.7. The third-order valence-electron chi connectivity index (χ3n) is 4.41. The summed E-state index contributed by atoms with van der Waals surface area (Å²) in [7, 11) is 0. The summed E-state index contributed by atoms with van der Waals surface area (Å²) in [6.45, 7) is 14.6. The molecule has 0 aliphatic carbocycles. The summed E-state index contributed by atoms with van der Waals surface area (Å²) in [6.07, 6.45) is 1.05. The van der Waals surface area contributed by atoms with Crippen LogP contribution in [0.15, 0.2) is 36.4 Å². The highest BCUT2D eigenvalue weighted by Crippen LogP contribution is 2.37. The van der Waals surface area contributed by atoms with E-state index in [1.807, 2.05) is 19.1 Å². The number of nitrogens with one attached hydrogen (secondary N) is 1. The standard InChI is InChI=1S/C24H33ClFNO2.ClH/c1-7-28-21-13-18(14-27-24(5,6)16-23(2,3)4)12-20(25)22(21)29-15-17-8-10-19(26)11-9-17;/h8-13,27H,7,14-16H2,1-6H3;1H. The zero-order valence-electron chi connectivity index (χ0n) is 18.8. The van der Waals surface area contributed by atoms with E-state index in [1.54, 1.807) is 12.1 Å². The lowest BCUT2D eigenvalue weighted by atomic mass is 9.82. The summed E-state index contributed by atoms with van der Waals surface area (Å²) >= 11 is 6.53. The van der Waals surface area contributed by atoms with Crippen molar-refractivity contribution in [3.8, 4) is 11.5 Å². The molecule has 0 saturated carbocycles. The predicted octanol–water partition coefficient (Wildman–Crippen LogP) is 7.18. The van der Waals surface area contributed by atoms with Gasteiger partial charge in [-0.15, -0.1) is 12.4 Å². The summed E-state index contributed by atoms with van der Waals surface area (Å²) < 4.78 is 24.8. The van der Waals surface area contributed by atoms with E-state index in [0.717, 1.165) is 17.5 Å². The molecule has 0 fully saturated rings. The van der Waals surface area contributed by atoms with Gasteiger partial charge in [-0.2, -0.15) is 0 Å². The Bertz CT molecular complexity index is 802. The predicted molar refractivity (Wildman–Crippen MR) is 126 cm³/mol. The van der Waals surface area contributed by atoms with E-state index in [-0.39, 0.29) is 35.8 Å². The molecule has 0 unspecified atom stereocenters. The van der Waals surface area contributed by atoms with Gasteiger partial charge in [0.05, 0.1) is 11.6 Å². The van der Waals surface area contributed by atoms with Gasteiger partial charge in [0.25, 0.3) is 0 Å². The fourth-order valence-corrected chi connectivity index (χ4v) is 3.88. The molecule has 0 saturated heterocycles. The van der Waals surface area contributed by atoms with E-state index < -0.39 is 0 Å². The largest absolute Gasteiger partial charge is 0.490 e. The van der Waals surface area contributed by atoms with Crippen molar-refractivity contribution < 1.29 is 13.9 Å². The summed E-state index contributed by atoms with van der Waals surface area (Å²) in [5.41, 5.74) is 2.13. The summed E-state index contributed by atoms with van der Waals surface area (Å²) in [6, 6.07) is 10.1. The van der Waals surface area contributed by atoms with Crippen LogP contribution < -0.4 is 14.8 Å². The van der Waals surface area contributed by atoms with Crippen LogP contribution in [0.2, 0.25) is 5.02 Å². The Morgan fingerprint density at radius 3 is 2.17 bits per heavy atom. The molecule has 0 amide bonds. The molecule has 0 atom stereocenters. The zero-order valence-corrected chi connectivity index (χ0v) is 20.3. The number of hydrogen-bond acceptors (Lipinski definition) is 3. The highest BCUT2D eigenvalue weighted by molar-refractivity contribution is 6.32. The Labute approximate surface area is 191 Å². The first-order valence-corrected chi connectivity index (χ1v) is 10.4. The minimum absolute atomic E-state index is 0. The first-order chi connectivity index (χ1) is 13.5. The SMILES string of the molecule is CCOc1cc(CNC(C)(C)CC(C)(C)C)cc(Cl)c1OCc1ccc(F)cc1.Cl. The molecule has 0 radical (unpaired) electrons. The normalized spacial score (nSPS) is 11.7. The van der Waals surface area contributed by atoms with Crippen molar-refractivity contribution in [3.63, 3.8) is 0 Å². The van der Waals surface area contributed by atoms with Crippen molar-refractivity contribution in [1.82, 2.24) is 5.32 Å². The minimum Gasteiger partial charge on any atom is -0.490 e. The van der Waals surface area contributed by atoms with Crippen LogP contribution in [-0.4, -0.2) is 12.1 Å². The lowest BCUT2D eigenvalue weighted by molar-refractivity contribution is 0.240. The minimum atomic E-state index is -0.270. The maximum absolute atomic E-state index is 13.1. The smallest absolute Gasteiger partial charge is 0.180 e. The molecule has 0 spiro atoms. The van der Waals surface area contributed by atoms with Gasteiger partial charge >= 0.3 is 0 Å². The Balaban J connectivity index is 0.00000450. The van der Waals surface area contributed by atoms with Gasteiger partial charge < -0.3 is 14.8 Å². The number of benzene rings is 2. The second kappa shape index (κ2) is 11.2. The van der Waals surface area contributed by atoms with Crippen molar-refractivity contribution in [2.45, 2.75) is 66.7 Å². The van der Waals surface area contributed by atoms with Crippen LogP contribution in [0, 0.1) is 11.2 Å². The van der Waals surface area contributed by atoms with Gasteiger partial charge in [0.15, 0.2) is 11.5 Å². The van der Waals surface area contributed by atoms with E-state index in [9.17, 15) is 4.39 Å². The molecule has 1 N–H and O–H groups in total. The van der Waals surface area contributed by atoms with Gasteiger partial charge in [0.2, 0.25) is 0 Å². The highest BCUT2D eigenvalue weighted by Gasteiger charge is 2.25. The van der Waals surface area contributed by atoms with Crippen LogP contribution in [-0.2, 0) is 13.2 Å². The third kappa shape index (κ3) is 8.71. The molecule has 3 nitrogen and oxygen atoms in total. The summed E-state index contributed by atoms with van der Waals surface area (Å²) in [5, 5.41) is 4.12. The van der Waals surface area contributed by atoms with Crippen molar-refractivity contribution >= 4 is 24.0 Å². The maximum atomic E-state index is 13.1. The molecule has 0 aliphatic rings. The Kier molecular flexibility index (Phi) is 9.93. The van der Waals surface area contributed by atoms with Crippen LogP contribution >= 0.6 is 24.0 Å². The van der Waals surface area contributed by atoms with Crippen LogP contribution in [0.3, 0.4) is 0 Å². The molecule has 0 bridgehead atoms. The Hall–Kier alpha value is -1.49. The Morgan fingerprint density at radius 1 is 0.967 bits per heavy atom. The van der Waals surface area contributed by atoms with Crippen molar-refractivity contribution in [2.75, 3.05) is 6.61 Å². The number of hydrogen-bond donors (Lipinski definition) is 1. The van der Waals surface area contributed by atoms with Crippen molar-refractivity contribution in [3.05, 3.63) is 58.4 Å². The molecule has 168 valence electrons. The van der Waals surface area contributed by atoms with Gasteiger partial charge in [0.1, 0.15) is 12.4 Å². The molecular weight excluding hydrogens is 424 g/mol. The highest BCUT2D eigenvalue weighted by atomic mass is 35.5. The van der Waals surface area contributed by atoms with Gasteiger partial charge in [0, 0.05) is 12.1 Å². The molecule has 0 heterocycles. The number of halogens is 3. The lowest BCUT2D eigenvalue weighted by Crippen LogP contribution is -2.41. The van der Waals surface area contributed by atoms with E-state index in [1.165, 1.54) is 12.1 Å². The quantitative estimate of drug-likeness (QED) is 0.432. The van der Waals surface area contributed by atoms with E-state index in [0.29, 0.717) is 29.7 Å². The van der Waals surface area contributed by atoms with Crippen LogP contribution in [0.5, 0.6) is 11.5 Å². The molecule has 2 rings (SSSR count). The van der Waals surface area contributed by atoms with Crippen LogP contribution in [0.4, 0.5) is 4.39 Å². The van der Waals surface area contributed by atoms with Gasteiger partial charge in [-0.25, -0.2) is 4.39 Å². The molecule has 30 heavy (non-hydrogen) atoms. The number of rotatable bonds is 9. The molecule has 2 aromatic rings. The second-order valence-electron chi connectivity index (χ2n) is 9.23. The molecule has 0 aromatic heterocycles. The van der Waals surface area contributed by atoms with E-state index in [4.69, 9.17) is 21.1 Å². The maximum Gasteiger partial charge on any atom is 0.180 e. The lowest BCUT2D eigenvalue weighted by Gasteiger charge is -2.33. The van der Waals surface area contributed by atoms with Gasteiger partial charge in [-0.1, -0.05) is 44.5 Å².